The van der Waals surface area contributed by atoms with Gasteiger partial charge in [-0.3, -0.25) is 4.72 Å². The van der Waals surface area contributed by atoms with Crippen molar-refractivity contribution >= 4 is 38.7 Å². The summed E-state index contributed by atoms with van der Waals surface area (Å²) in [4.78, 5) is 10.4. The van der Waals surface area contributed by atoms with Crippen molar-refractivity contribution in [3.63, 3.8) is 0 Å². The zero-order valence-corrected chi connectivity index (χ0v) is 11.4. The minimum absolute atomic E-state index is 0.0279. The Bertz CT molecular complexity index is 723. The standard InChI is InChI=1S/C10H8N4O4S2/c15-9(16)6-3-7-1-4-8(5-2-7)20(17,18)12-10-11-13-14-19-10/h1-6H,(H,15,16)(H,11,12,14)/b6-3+. The summed E-state index contributed by atoms with van der Waals surface area (Å²) in [5, 5.41) is 15.3. The fraction of sp³-hybridized carbons (Fsp3) is 0. The molecule has 0 aliphatic carbocycles. The SMILES string of the molecule is O=C(O)/C=C/c1ccc(S(=O)(=O)Nc2nnns2)cc1. The third kappa shape index (κ3) is 3.59. The number of nitrogens with one attached hydrogen (secondary N) is 1. The fourth-order valence-electron chi connectivity index (χ4n) is 1.27. The van der Waals surface area contributed by atoms with Crippen molar-refractivity contribution in [2.75, 3.05) is 4.72 Å². The highest BCUT2D eigenvalue weighted by molar-refractivity contribution is 7.93. The van der Waals surface area contributed by atoms with Gasteiger partial charge in [-0.1, -0.05) is 21.7 Å². The minimum Gasteiger partial charge on any atom is -0.478 e. The van der Waals surface area contributed by atoms with Crippen LogP contribution in [-0.4, -0.2) is 34.3 Å². The maximum absolute atomic E-state index is 12.0. The molecule has 0 atom stereocenters. The summed E-state index contributed by atoms with van der Waals surface area (Å²) in [6.45, 7) is 0. The third-order valence-corrected chi connectivity index (χ3v) is 4.13. The van der Waals surface area contributed by atoms with Gasteiger partial charge in [0, 0.05) is 17.6 Å². The van der Waals surface area contributed by atoms with Crippen LogP contribution < -0.4 is 4.72 Å². The van der Waals surface area contributed by atoms with Crippen molar-refractivity contribution in [2.24, 2.45) is 0 Å². The van der Waals surface area contributed by atoms with E-state index in [9.17, 15) is 13.2 Å². The molecule has 2 rings (SSSR count). The fourth-order valence-corrected chi connectivity index (χ4v) is 2.86. The molecule has 8 nitrogen and oxygen atoms in total. The van der Waals surface area contributed by atoms with E-state index in [-0.39, 0.29) is 10.0 Å². The van der Waals surface area contributed by atoms with E-state index in [0.29, 0.717) is 5.56 Å². The molecular formula is C10H8N4O4S2. The summed E-state index contributed by atoms with van der Waals surface area (Å²) in [6, 6.07) is 5.70. The number of carbonyl (C=O) groups is 1. The molecule has 0 bridgehead atoms. The van der Waals surface area contributed by atoms with E-state index < -0.39 is 16.0 Å². The molecule has 0 aliphatic rings. The van der Waals surface area contributed by atoms with Crippen molar-refractivity contribution in [3.8, 4) is 0 Å². The number of carboxylic acids is 1. The van der Waals surface area contributed by atoms with Crippen LogP contribution >= 0.6 is 11.5 Å². The summed E-state index contributed by atoms with van der Waals surface area (Å²) in [5.41, 5.74) is 0.573. The summed E-state index contributed by atoms with van der Waals surface area (Å²) >= 11 is 0.820. The molecule has 0 spiro atoms. The van der Waals surface area contributed by atoms with Crippen LogP contribution in [-0.2, 0) is 14.8 Å². The molecule has 0 aliphatic heterocycles. The van der Waals surface area contributed by atoms with Gasteiger partial charge in [0.2, 0.25) is 5.13 Å². The Morgan fingerprint density at radius 2 is 2.00 bits per heavy atom. The molecule has 1 aromatic heterocycles. The highest BCUT2D eigenvalue weighted by atomic mass is 32.2. The number of aromatic nitrogens is 3. The molecular weight excluding hydrogens is 304 g/mol. The van der Waals surface area contributed by atoms with Gasteiger partial charge in [0.25, 0.3) is 10.0 Å². The second-order valence-electron chi connectivity index (χ2n) is 3.51. The highest BCUT2D eigenvalue weighted by Crippen LogP contribution is 2.16. The van der Waals surface area contributed by atoms with E-state index in [4.69, 9.17) is 5.11 Å². The lowest BCUT2D eigenvalue weighted by Gasteiger charge is -2.04. The maximum atomic E-state index is 12.0. The second kappa shape index (κ2) is 5.75. The van der Waals surface area contributed by atoms with Gasteiger partial charge in [-0.2, -0.15) is 0 Å². The third-order valence-electron chi connectivity index (χ3n) is 2.13. The second-order valence-corrected chi connectivity index (χ2v) is 5.93. The number of sulfonamides is 1. The predicted molar refractivity (Wildman–Crippen MR) is 71.6 cm³/mol. The first-order valence-electron chi connectivity index (χ1n) is 5.16. The average molecular weight is 312 g/mol. The highest BCUT2D eigenvalue weighted by Gasteiger charge is 2.15. The number of hydrogen-bond acceptors (Lipinski definition) is 7. The first kappa shape index (κ1) is 14.1. The summed E-state index contributed by atoms with van der Waals surface area (Å²) < 4.78 is 29.6. The zero-order chi connectivity index (χ0) is 14.6. The van der Waals surface area contributed by atoms with Gasteiger partial charge in [0.05, 0.1) is 4.90 Å². The summed E-state index contributed by atoms with van der Waals surface area (Å²) in [6.07, 6.45) is 2.33. The monoisotopic (exact) mass is 312 g/mol. The summed E-state index contributed by atoms with van der Waals surface area (Å²) in [7, 11) is -3.75. The molecule has 0 unspecified atom stereocenters. The molecule has 2 N–H and O–H groups in total. The van der Waals surface area contributed by atoms with Gasteiger partial charge in [0.1, 0.15) is 0 Å². The molecule has 104 valence electrons. The average Bonchev–Trinajstić information content (AvgIpc) is 2.89. The van der Waals surface area contributed by atoms with Gasteiger partial charge in [-0.05, 0) is 29.0 Å². The number of benzene rings is 1. The molecule has 0 amide bonds. The van der Waals surface area contributed by atoms with Crippen molar-refractivity contribution < 1.29 is 18.3 Å². The Kier molecular flexibility index (Phi) is 4.05. The quantitative estimate of drug-likeness (QED) is 0.784. The molecule has 10 heteroatoms. The molecule has 0 fully saturated rings. The zero-order valence-electron chi connectivity index (χ0n) is 9.79. The number of hydrogen-bond donors (Lipinski definition) is 2. The van der Waals surface area contributed by atoms with Crippen LogP contribution in [0.2, 0.25) is 0 Å². The number of nitrogens with zero attached hydrogens (tertiary/aromatic N) is 3. The maximum Gasteiger partial charge on any atom is 0.328 e. The van der Waals surface area contributed by atoms with Crippen LogP contribution in [0.5, 0.6) is 0 Å². The lowest BCUT2D eigenvalue weighted by molar-refractivity contribution is -0.131. The van der Waals surface area contributed by atoms with Gasteiger partial charge >= 0.3 is 5.97 Å². The van der Waals surface area contributed by atoms with E-state index in [1.54, 1.807) is 0 Å². The van der Waals surface area contributed by atoms with Gasteiger partial charge in [-0.25, -0.2) is 13.2 Å². The van der Waals surface area contributed by atoms with Gasteiger partial charge < -0.3 is 5.11 Å². The van der Waals surface area contributed by atoms with E-state index in [1.807, 2.05) is 0 Å². The molecule has 0 saturated carbocycles. The van der Waals surface area contributed by atoms with Crippen molar-refractivity contribution in [1.82, 2.24) is 14.8 Å². The van der Waals surface area contributed by atoms with Crippen LogP contribution in [0.1, 0.15) is 5.56 Å². The molecule has 1 aromatic carbocycles. The van der Waals surface area contributed by atoms with Gasteiger partial charge in [-0.15, -0.1) is 0 Å². The number of anilines is 1. The van der Waals surface area contributed by atoms with E-state index in [2.05, 4.69) is 19.5 Å². The molecule has 0 saturated heterocycles. The van der Waals surface area contributed by atoms with Crippen LogP contribution in [0, 0.1) is 0 Å². The van der Waals surface area contributed by atoms with E-state index >= 15 is 0 Å². The first-order chi connectivity index (χ1) is 9.47. The van der Waals surface area contributed by atoms with Crippen molar-refractivity contribution in [1.29, 1.82) is 0 Å². The molecule has 20 heavy (non-hydrogen) atoms. The Hall–Kier alpha value is -2.33. The van der Waals surface area contributed by atoms with Crippen LogP contribution in [0.3, 0.4) is 0 Å². The Morgan fingerprint density at radius 1 is 1.30 bits per heavy atom. The van der Waals surface area contributed by atoms with Gasteiger partial charge in [0.15, 0.2) is 0 Å². The summed E-state index contributed by atoms with van der Waals surface area (Å²) in [5.74, 6) is -1.08. The molecule has 2 aromatic rings. The predicted octanol–water partition coefficient (Wildman–Crippen LogP) is 0.832. The minimum atomic E-state index is -3.75. The smallest absolute Gasteiger partial charge is 0.328 e. The number of rotatable bonds is 5. The largest absolute Gasteiger partial charge is 0.478 e. The lowest BCUT2D eigenvalue weighted by Crippen LogP contribution is -2.12. The van der Waals surface area contributed by atoms with Crippen LogP contribution in [0.15, 0.2) is 35.2 Å². The van der Waals surface area contributed by atoms with Crippen LogP contribution in [0.25, 0.3) is 6.08 Å². The first-order valence-corrected chi connectivity index (χ1v) is 7.42. The molecule has 0 radical (unpaired) electrons. The van der Waals surface area contributed by atoms with E-state index in [0.717, 1.165) is 17.6 Å². The topological polar surface area (TPSA) is 122 Å². The number of carboxylic acid groups (broad SMARTS) is 1. The van der Waals surface area contributed by atoms with Crippen molar-refractivity contribution in [3.05, 3.63) is 35.9 Å². The number of aliphatic carboxylic acids is 1. The Labute approximate surface area is 118 Å². The lowest BCUT2D eigenvalue weighted by atomic mass is 10.2. The molecule has 1 heterocycles. The van der Waals surface area contributed by atoms with Crippen LogP contribution in [0.4, 0.5) is 5.13 Å². The van der Waals surface area contributed by atoms with E-state index in [1.165, 1.54) is 30.3 Å². The normalized spacial score (nSPS) is 11.6. The Morgan fingerprint density at radius 3 is 2.55 bits per heavy atom. The van der Waals surface area contributed by atoms with Crippen molar-refractivity contribution in [2.45, 2.75) is 4.90 Å². The Balaban J connectivity index is 2.19.